The highest BCUT2D eigenvalue weighted by molar-refractivity contribution is 7.99. The van der Waals surface area contributed by atoms with Gasteiger partial charge in [0.25, 0.3) is 0 Å². The normalized spacial score (nSPS) is 23.9. The van der Waals surface area contributed by atoms with Crippen LogP contribution >= 0.6 is 11.8 Å². The number of Topliss-reactive ketones (excluding diaryl/α,β-unsaturated/α-hetero) is 1. The number of hydrogen-bond donors (Lipinski definition) is 0. The number of ketones is 1. The summed E-state index contributed by atoms with van der Waals surface area (Å²) in [6.07, 6.45) is 4.18. The summed E-state index contributed by atoms with van der Waals surface area (Å²) >= 11 is 1.92. The molecule has 0 aromatic heterocycles. The first-order valence-corrected chi connectivity index (χ1v) is 5.60. The second-order valence-electron chi connectivity index (χ2n) is 3.13. The molecule has 11 heavy (non-hydrogen) atoms. The molecule has 1 aliphatic heterocycles. The van der Waals surface area contributed by atoms with E-state index in [0.29, 0.717) is 11.7 Å². The Morgan fingerprint density at radius 1 is 1.64 bits per heavy atom. The first kappa shape index (κ1) is 9.11. The molecular formula is C9H16OS. The van der Waals surface area contributed by atoms with Gasteiger partial charge in [-0.25, -0.2) is 0 Å². The molecule has 0 bridgehead atoms. The summed E-state index contributed by atoms with van der Waals surface area (Å²) in [6, 6.07) is 0. The van der Waals surface area contributed by atoms with Gasteiger partial charge in [0.2, 0.25) is 0 Å². The Hall–Kier alpha value is 0.0200. The largest absolute Gasteiger partial charge is 0.299 e. The highest BCUT2D eigenvalue weighted by Gasteiger charge is 2.21. The summed E-state index contributed by atoms with van der Waals surface area (Å²) in [5.74, 6) is 3.20. The molecule has 0 radical (unpaired) electrons. The van der Waals surface area contributed by atoms with E-state index in [4.69, 9.17) is 0 Å². The molecule has 1 aliphatic rings. The SMILES string of the molecule is CCCCC(=O)C1CCSC1. The first-order chi connectivity index (χ1) is 5.34. The maximum Gasteiger partial charge on any atom is 0.136 e. The number of hydrogen-bond acceptors (Lipinski definition) is 2. The van der Waals surface area contributed by atoms with Crippen molar-refractivity contribution in [3.05, 3.63) is 0 Å². The minimum absolute atomic E-state index is 0.409. The third-order valence-electron chi connectivity index (χ3n) is 2.16. The highest BCUT2D eigenvalue weighted by atomic mass is 32.2. The average molecular weight is 172 g/mol. The van der Waals surface area contributed by atoms with Crippen molar-refractivity contribution in [1.82, 2.24) is 0 Å². The molecule has 64 valence electrons. The van der Waals surface area contributed by atoms with Gasteiger partial charge >= 0.3 is 0 Å². The minimum atomic E-state index is 0.409. The van der Waals surface area contributed by atoms with Crippen LogP contribution in [0.25, 0.3) is 0 Å². The Morgan fingerprint density at radius 3 is 3.00 bits per heavy atom. The van der Waals surface area contributed by atoms with Crippen LogP contribution in [0.2, 0.25) is 0 Å². The van der Waals surface area contributed by atoms with Crippen LogP contribution in [-0.4, -0.2) is 17.3 Å². The maximum absolute atomic E-state index is 11.4. The lowest BCUT2D eigenvalue weighted by Gasteiger charge is -2.04. The molecule has 2 heteroatoms. The van der Waals surface area contributed by atoms with Crippen molar-refractivity contribution in [2.24, 2.45) is 5.92 Å². The van der Waals surface area contributed by atoms with Gasteiger partial charge in [-0.1, -0.05) is 13.3 Å². The molecule has 1 fully saturated rings. The molecule has 0 aromatic carbocycles. The fraction of sp³-hybridized carbons (Fsp3) is 0.889. The highest BCUT2D eigenvalue weighted by Crippen LogP contribution is 2.25. The Balaban J connectivity index is 2.17. The fourth-order valence-corrected chi connectivity index (χ4v) is 2.60. The molecule has 0 aliphatic carbocycles. The third kappa shape index (κ3) is 2.86. The summed E-state index contributed by atoms with van der Waals surface area (Å²) in [5, 5.41) is 0. The molecule has 0 aromatic rings. The van der Waals surface area contributed by atoms with Crippen molar-refractivity contribution in [2.75, 3.05) is 11.5 Å². The van der Waals surface area contributed by atoms with Gasteiger partial charge in [0, 0.05) is 18.1 Å². The number of carbonyl (C=O) groups excluding carboxylic acids is 1. The molecule has 1 unspecified atom stereocenters. The molecule has 0 spiro atoms. The molecule has 1 nitrogen and oxygen atoms in total. The lowest BCUT2D eigenvalue weighted by atomic mass is 9.99. The van der Waals surface area contributed by atoms with Crippen LogP contribution in [0.3, 0.4) is 0 Å². The molecule has 0 amide bonds. The van der Waals surface area contributed by atoms with Gasteiger partial charge in [-0.2, -0.15) is 11.8 Å². The van der Waals surface area contributed by atoms with Gasteiger partial charge in [0.15, 0.2) is 0 Å². The summed E-state index contributed by atoms with van der Waals surface area (Å²) < 4.78 is 0. The number of thioether (sulfide) groups is 1. The molecule has 1 rings (SSSR count). The second kappa shape index (κ2) is 4.81. The van der Waals surface area contributed by atoms with Crippen molar-refractivity contribution in [2.45, 2.75) is 32.6 Å². The van der Waals surface area contributed by atoms with Crippen molar-refractivity contribution in [3.8, 4) is 0 Å². The smallest absolute Gasteiger partial charge is 0.136 e. The van der Waals surface area contributed by atoms with E-state index >= 15 is 0 Å². The molecule has 1 atom stereocenters. The van der Waals surface area contributed by atoms with E-state index < -0.39 is 0 Å². The van der Waals surface area contributed by atoms with E-state index in [1.54, 1.807) is 0 Å². The van der Waals surface area contributed by atoms with Gasteiger partial charge in [0.05, 0.1) is 0 Å². The van der Waals surface area contributed by atoms with Crippen LogP contribution in [0.15, 0.2) is 0 Å². The summed E-state index contributed by atoms with van der Waals surface area (Å²) in [6.45, 7) is 2.14. The van der Waals surface area contributed by atoms with E-state index in [1.807, 2.05) is 11.8 Å². The fourth-order valence-electron chi connectivity index (χ4n) is 1.34. The van der Waals surface area contributed by atoms with Crippen molar-refractivity contribution in [3.63, 3.8) is 0 Å². The summed E-state index contributed by atoms with van der Waals surface area (Å²) in [5.41, 5.74) is 0. The van der Waals surface area contributed by atoms with Crippen molar-refractivity contribution >= 4 is 17.5 Å². The predicted octanol–water partition coefficient (Wildman–Crippen LogP) is 2.50. The minimum Gasteiger partial charge on any atom is -0.299 e. The van der Waals surface area contributed by atoms with E-state index in [2.05, 4.69) is 6.92 Å². The zero-order valence-corrected chi connectivity index (χ0v) is 7.95. The van der Waals surface area contributed by atoms with Crippen LogP contribution in [0, 0.1) is 5.92 Å². The Bertz CT molecular complexity index is 128. The van der Waals surface area contributed by atoms with Crippen LogP contribution in [0.4, 0.5) is 0 Å². The standard InChI is InChI=1S/C9H16OS/c1-2-3-4-9(10)8-5-6-11-7-8/h8H,2-7H2,1H3. The Kier molecular flexibility index (Phi) is 3.98. The van der Waals surface area contributed by atoms with Crippen molar-refractivity contribution in [1.29, 1.82) is 0 Å². The zero-order chi connectivity index (χ0) is 8.10. The predicted molar refractivity (Wildman–Crippen MR) is 50.0 cm³/mol. The van der Waals surface area contributed by atoms with Crippen LogP contribution in [0.5, 0.6) is 0 Å². The van der Waals surface area contributed by atoms with Gasteiger partial charge in [-0.05, 0) is 18.6 Å². The van der Waals surface area contributed by atoms with E-state index in [0.717, 1.165) is 31.4 Å². The van der Waals surface area contributed by atoms with Gasteiger partial charge < -0.3 is 0 Å². The number of rotatable bonds is 4. The van der Waals surface area contributed by atoms with Gasteiger partial charge in [-0.15, -0.1) is 0 Å². The lowest BCUT2D eigenvalue weighted by Crippen LogP contribution is -2.12. The molecule has 1 saturated heterocycles. The quantitative estimate of drug-likeness (QED) is 0.648. The molecule has 1 heterocycles. The lowest BCUT2D eigenvalue weighted by molar-refractivity contribution is -0.122. The third-order valence-corrected chi connectivity index (χ3v) is 3.32. The number of carbonyl (C=O) groups is 1. The molecule has 0 N–H and O–H groups in total. The van der Waals surface area contributed by atoms with Crippen LogP contribution < -0.4 is 0 Å². The zero-order valence-electron chi connectivity index (χ0n) is 7.14. The van der Waals surface area contributed by atoms with Gasteiger partial charge in [0.1, 0.15) is 5.78 Å². The number of unbranched alkanes of at least 4 members (excludes halogenated alkanes) is 1. The summed E-state index contributed by atoms with van der Waals surface area (Å²) in [4.78, 5) is 11.4. The summed E-state index contributed by atoms with van der Waals surface area (Å²) in [7, 11) is 0. The second-order valence-corrected chi connectivity index (χ2v) is 4.28. The van der Waals surface area contributed by atoms with Gasteiger partial charge in [-0.3, -0.25) is 4.79 Å². The van der Waals surface area contributed by atoms with Crippen LogP contribution in [0.1, 0.15) is 32.6 Å². The average Bonchev–Trinajstić information content (AvgIpc) is 2.52. The van der Waals surface area contributed by atoms with Crippen LogP contribution in [-0.2, 0) is 4.79 Å². The topological polar surface area (TPSA) is 17.1 Å². The Morgan fingerprint density at radius 2 is 2.45 bits per heavy atom. The van der Waals surface area contributed by atoms with E-state index in [1.165, 1.54) is 5.75 Å². The molecule has 0 saturated carbocycles. The van der Waals surface area contributed by atoms with E-state index in [-0.39, 0.29) is 0 Å². The van der Waals surface area contributed by atoms with E-state index in [9.17, 15) is 4.79 Å². The monoisotopic (exact) mass is 172 g/mol. The first-order valence-electron chi connectivity index (χ1n) is 4.45. The Labute approximate surface area is 72.9 Å². The molecular weight excluding hydrogens is 156 g/mol. The maximum atomic E-state index is 11.4. The van der Waals surface area contributed by atoms with Crippen molar-refractivity contribution < 1.29 is 4.79 Å².